The monoisotopic (exact) mass is 333 g/mol. The second-order valence-electron chi connectivity index (χ2n) is 6.89. The van der Waals surface area contributed by atoms with Gasteiger partial charge in [-0.05, 0) is 32.1 Å². The lowest BCUT2D eigenvalue weighted by molar-refractivity contribution is -0.140. The molecular weight excluding hydrogens is 306 g/mol. The van der Waals surface area contributed by atoms with Crippen molar-refractivity contribution in [1.29, 1.82) is 0 Å². The lowest BCUT2D eigenvalue weighted by Crippen LogP contribution is -2.51. The molecule has 1 aromatic heterocycles. The third kappa shape index (κ3) is 3.76. The van der Waals surface area contributed by atoms with Gasteiger partial charge in [-0.1, -0.05) is 19.3 Å². The first-order valence-corrected chi connectivity index (χ1v) is 9.10. The first-order chi connectivity index (χ1) is 11.7. The van der Waals surface area contributed by atoms with E-state index in [1.807, 2.05) is 0 Å². The Kier molecular flexibility index (Phi) is 5.48. The summed E-state index contributed by atoms with van der Waals surface area (Å²) >= 11 is 0. The Labute approximate surface area is 142 Å². The Bertz CT molecular complexity index is 579. The van der Waals surface area contributed by atoms with Crippen LogP contribution in [0.4, 0.5) is 0 Å². The third-order valence-electron chi connectivity index (χ3n) is 5.25. The predicted octanol–water partition coefficient (Wildman–Crippen LogP) is 1.80. The Hall–Kier alpha value is -1.92. The van der Waals surface area contributed by atoms with Gasteiger partial charge in [-0.25, -0.2) is 0 Å². The molecule has 1 aliphatic heterocycles. The van der Waals surface area contributed by atoms with Gasteiger partial charge in [0, 0.05) is 19.5 Å². The van der Waals surface area contributed by atoms with Gasteiger partial charge in [0.25, 0.3) is 0 Å². The van der Waals surface area contributed by atoms with E-state index in [4.69, 9.17) is 0 Å². The Morgan fingerprint density at radius 3 is 2.67 bits per heavy atom. The maximum atomic E-state index is 12.5. The summed E-state index contributed by atoms with van der Waals surface area (Å²) < 4.78 is 2.11. The molecule has 0 radical (unpaired) electrons. The van der Waals surface area contributed by atoms with E-state index in [0.717, 1.165) is 37.9 Å². The van der Waals surface area contributed by atoms with Gasteiger partial charge in [-0.3, -0.25) is 9.59 Å². The second-order valence-corrected chi connectivity index (χ2v) is 6.89. The topological polar surface area (TPSA) is 80.1 Å². The fourth-order valence-corrected chi connectivity index (χ4v) is 3.92. The maximum absolute atomic E-state index is 12.5. The highest BCUT2D eigenvalue weighted by atomic mass is 16.2. The Balaban J connectivity index is 1.60. The van der Waals surface area contributed by atoms with Gasteiger partial charge in [0.15, 0.2) is 5.82 Å². The SMILES string of the molecule is CC(=O)N1CCCCC1C(=O)NCc1nncn1C1CCCCC1. The van der Waals surface area contributed by atoms with Crippen molar-refractivity contribution in [3.05, 3.63) is 12.2 Å². The maximum Gasteiger partial charge on any atom is 0.243 e. The van der Waals surface area contributed by atoms with E-state index in [0.29, 0.717) is 19.1 Å². The molecule has 1 aliphatic carbocycles. The normalized spacial score (nSPS) is 22.4. The zero-order chi connectivity index (χ0) is 16.9. The van der Waals surface area contributed by atoms with Crippen LogP contribution in [0.25, 0.3) is 0 Å². The zero-order valence-corrected chi connectivity index (χ0v) is 14.4. The van der Waals surface area contributed by atoms with E-state index in [9.17, 15) is 9.59 Å². The van der Waals surface area contributed by atoms with Crippen LogP contribution >= 0.6 is 0 Å². The minimum Gasteiger partial charge on any atom is -0.347 e. The van der Waals surface area contributed by atoms with Crippen LogP contribution in [0.5, 0.6) is 0 Å². The van der Waals surface area contributed by atoms with Crippen LogP contribution in [0.3, 0.4) is 0 Å². The summed E-state index contributed by atoms with van der Waals surface area (Å²) in [4.78, 5) is 25.9. The molecule has 0 spiro atoms. The molecule has 0 bridgehead atoms. The van der Waals surface area contributed by atoms with Gasteiger partial charge in [-0.15, -0.1) is 10.2 Å². The van der Waals surface area contributed by atoms with Crippen LogP contribution in [0, 0.1) is 0 Å². The van der Waals surface area contributed by atoms with Crippen molar-refractivity contribution in [3.8, 4) is 0 Å². The van der Waals surface area contributed by atoms with E-state index in [1.165, 1.54) is 26.2 Å². The minimum absolute atomic E-state index is 0.0276. The number of hydrogen-bond donors (Lipinski definition) is 1. The number of nitrogens with zero attached hydrogens (tertiary/aromatic N) is 4. The fourth-order valence-electron chi connectivity index (χ4n) is 3.92. The van der Waals surface area contributed by atoms with Crippen LogP contribution in [0.15, 0.2) is 6.33 Å². The standard InChI is InChI=1S/C17H27N5O2/c1-13(23)21-10-6-5-9-15(21)17(24)18-11-16-20-19-12-22(16)14-7-3-2-4-8-14/h12,14-15H,2-11H2,1H3,(H,18,24). The number of carbonyl (C=O) groups is 2. The average molecular weight is 333 g/mol. The quantitative estimate of drug-likeness (QED) is 0.911. The molecule has 7 nitrogen and oxygen atoms in total. The smallest absolute Gasteiger partial charge is 0.243 e. The van der Waals surface area contributed by atoms with Gasteiger partial charge < -0.3 is 14.8 Å². The van der Waals surface area contributed by atoms with E-state index >= 15 is 0 Å². The number of hydrogen-bond acceptors (Lipinski definition) is 4. The molecule has 2 heterocycles. The molecular formula is C17H27N5O2. The number of rotatable bonds is 4. The highest BCUT2D eigenvalue weighted by Gasteiger charge is 2.30. The molecule has 2 fully saturated rings. The molecule has 24 heavy (non-hydrogen) atoms. The number of nitrogens with one attached hydrogen (secondary N) is 1. The molecule has 1 unspecified atom stereocenters. The van der Waals surface area contributed by atoms with Crippen molar-refractivity contribution in [3.63, 3.8) is 0 Å². The van der Waals surface area contributed by atoms with Gasteiger partial charge in [-0.2, -0.15) is 0 Å². The molecule has 1 saturated heterocycles. The molecule has 7 heteroatoms. The van der Waals surface area contributed by atoms with Crippen molar-refractivity contribution in [1.82, 2.24) is 25.0 Å². The number of carbonyl (C=O) groups excluding carboxylic acids is 2. The first-order valence-electron chi connectivity index (χ1n) is 9.10. The summed E-state index contributed by atoms with van der Waals surface area (Å²) in [6, 6.07) is 0.103. The first kappa shape index (κ1) is 16.9. The second kappa shape index (κ2) is 7.77. The van der Waals surface area contributed by atoms with Gasteiger partial charge in [0.05, 0.1) is 6.54 Å². The van der Waals surface area contributed by atoms with Gasteiger partial charge >= 0.3 is 0 Å². The lowest BCUT2D eigenvalue weighted by Gasteiger charge is -2.34. The van der Waals surface area contributed by atoms with Crippen molar-refractivity contribution in [2.24, 2.45) is 0 Å². The van der Waals surface area contributed by atoms with E-state index in [-0.39, 0.29) is 17.9 Å². The summed E-state index contributed by atoms with van der Waals surface area (Å²) in [5, 5.41) is 11.2. The summed E-state index contributed by atoms with van der Waals surface area (Å²) in [7, 11) is 0. The molecule has 1 aromatic rings. The van der Waals surface area contributed by atoms with Crippen molar-refractivity contribution in [2.45, 2.75) is 76.9 Å². The number of piperidine rings is 1. The lowest BCUT2D eigenvalue weighted by atomic mass is 9.95. The number of aromatic nitrogens is 3. The van der Waals surface area contributed by atoms with Crippen LogP contribution in [-0.4, -0.2) is 44.1 Å². The van der Waals surface area contributed by atoms with E-state index in [2.05, 4.69) is 20.1 Å². The number of amides is 2. The Morgan fingerprint density at radius 2 is 1.92 bits per heavy atom. The number of likely N-dealkylation sites (tertiary alicyclic amines) is 1. The largest absolute Gasteiger partial charge is 0.347 e. The summed E-state index contributed by atoms with van der Waals surface area (Å²) in [5.74, 6) is 0.698. The fraction of sp³-hybridized carbons (Fsp3) is 0.765. The van der Waals surface area contributed by atoms with Crippen LogP contribution < -0.4 is 5.32 Å². The average Bonchev–Trinajstić information content (AvgIpc) is 3.09. The molecule has 2 aliphatic rings. The highest BCUT2D eigenvalue weighted by Crippen LogP contribution is 2.28. The molecule has 132 valence electrons. The van der Waals surface area contributed by atoms with Crippen molar-refractivity contribution in [2.75, 3.05) is 6.54 Å². The van der Waals surface area contributed by atoms with Crippen LogP contribution in [0.2, 0.25) is 0 Å². The zero-order valence-electron chi connectivity index (χ0n) is 14.4. The van der Waals surface area contributed by atoms with E-state index in [1.54, 1.807) is 11.2 Å². The van der Waals surface area contributed by atoms with E-state index < -0.39 is 0 Å². The molecule has 3 rings (SSSR count). The van der Waals surface area contributed by atoms with Crippen LogP contribution in [-0.2, 0) is 16.1 Å². The van der Waals surface area contributed by atoms with Crippen LogP contribution in [0.1, 0.15) is 70.2 Å². The molecule has 1 N–H and O–H groups in total. The van der Waals surface area contributed by atoms with Gasteiger partial charge in [0.1, 0.15) is 12.4 Å². The summed E-state index contributed by atoms with van der Waals surface area (Å²) in [6.07, 6.45) is 10.6. The minimum atomic E-state index is -0.345. The molecule has 2 amide bonds. The highest BCUT2D eigenvalue weighted by molar-refractivity contribution is 5.87. The van der Waals surface area contributed by atoms with Crippen molar-refractivity contribution < 1.29 is 9.59 Å². The predicted molar refractivity (Wildman–Crippen MR) is 89.0 cm³/mol. The molecule has 1 saturated carbocycles. The molecule has 1 atom stereocenters. The summed E-state index contributed by atoms with van der Waals surface area (Å²) in [6.45, 7) is 2.58. The molecule has 0 aromatic carbocycles. The third-order valence-corrected chi connectivity index (χ3v) is 5.25. The summed E-state index contributed by atoms with van der Waals surface area (Å²) in [5.41, 5.74) is 0. The van der Waals surface area contributed by atoms with Crippen molar-refractivity contribution >= 4 is 11.8 Å². The van der Waals surface area contributed by atoms with Gasteiger partial charge in [0.2, 0.25) is 11.8 Å². The Morgan fingerprint density at radius 1 is 1.17 bits per heavy atom.